The number of ether oxygens (including phenoxy) is 1. The number of fused-ring (bicyclic) bond motifs is 5. The SMILES string of the molecule is CCO[C@]12C[C@@H](C)[C@@]3(O)[C@@H](C=C(CO)C[C@]4(O)C(=O)C(C)=C[C@@H]34)[C@@H]1C(C)(C)N=N2. The Bertz CT molecular complexity index is 833. The van der Waals surface area contributed by atoms with E-state index in [9.17, 15) is 20.1 Å². The lowest BCUT2D eigenvalue weighted by Crippen LogP contribution is -2.67. The summed E-state index contributed by atoms with van der Waals surface area (Å²) in [7, 11) is 0. The summed E-state index contributed by atoms with van der Waals surface area (Å²) in [5, 5.41) is 42.9. The number of hydrogen-bond donors (Lipinski definition) is 3. The Morgan fingerprint density at radius 2 is 1.93 bits per heavy atom. The summed E-state index contributed by atoms with van der Waals surface area (Å²) in [6.45, 7) is 9.65. The highest BCUT2D eigenvalue weighted by Crippen LogP contribution is 2.63. The van der Waals surface area contributed by atoms with Gasteiger partial charge >= 0.3 is 0 Å². The quantitative estimate of drug-likeness (QED) is 0.624. The molecule has 7 nitrogen and oxygen atoms in total. The average molecular weight is 405 g/mol. The molecule has 0 amide bonds. The van der Waals surface area contributed by atoms with Crippen molar-refractivity contribution >= 4 is 5.78 Å². The van der Waals surface area contributed by atoms with Gasteiger partial charge in [0.05, 0.1) is 17.7 Å². The molecule has 0 unspecified atom stereocenters. The van der Waals surface area contributed by atoms with Crippen molar-refractivity contribution in [2.45, 2.75) is 69.9 Å². The number of hydrogen-bond acceptors (Lipinski definition) is 7. The van der Waals surface area contributed by atoms with Crippen LogP contribution in [-0.4, -0.2) is 56.8 Å². The zero-order valence-electron chi connectivity index (χ0n) is 17.8. The molecule has 1 fully saturated rings. The first-order chi connectivity index (χ1) is 13.5. The van der Waals surface area contributed by atoms with Crippen LogP contribution in [0.5, 0.6) is 0 Å². The summed E-state index contributed by atoms with van der Waals surface area (Å²) in [5.74, 6) is -2.23. The van der Waals surface area contributed by atoms with Crippen LogP contribution in [0.4, 0.5) is 0 Å². The maximum absolute atomic E-state index is 12.9. The number of aliphatic hydroxyl groups is 3. The number of Topliss-reactive ketones (excluding diaryl/α,β-unsaturated/α-hetero) is 1. The van der Waals surface area contributed by atoms with Gasteiger partial charge in [-0.25, -0.2) is 0 Å². The van der Waals surface area contributed by atoms with Gasteiger partial charge in [0.25, 0.3) is 0 Å². The molecular formula is C22H32N2O5. The third-order valence-electron chi connectivity index (χ3n) is 7.70. The predicted octanol–water partition coefficient (Wildman–Crippen LogP) is 2.17. The minimum atomic E-state index is -1.75. The van der Waals surface area contributed by atoms with Crippen molar-refractivity contribution < 1.29 is 24.9 Å². The van der Waals surface area contributed by atoms with Crippen molar-refractivity contribution in [3.05, 3.63) is 23.3 Å². The van der Waals surface area contributed by atoms with E-state index in [0.29, 0.717) is 24.2 Å². The van der Waals surface area contributed by atoms with Crippen LogP contribution in [0.15, 0.2) is 33.5 Å². The number of carbonyl (C=O) groups is 1. The van der Waals surface area contributed by atoms with Gasteiger partial charge in [-0.1, -0.05) is 19.1 Å². The van der Waals surface area contributed by atoms with Crippen molar-refractivity contribution in [1.82, 2.24) is 0 Å². The normalized spacial score (nSPS) is 47.8. The lowest BCUT2D eigenvalue weighted by atomic mass is 9.52. The predicted molar refractivity (Wildman–Crippen MR) is 106 cm³/mol. The molecule has 1 aliphatic heterocycles. The van der Waals surface area contributed by atoms with Gasteiger partial charge in [0.15, 0.2) is 11.5 Å². The maximum Gasteiger partial charge on any atom is 0.190 e. The molecule has 4 aliphatic rings. The van der Waals surface area contributed by atoms with Crippen molar-refractivity contribution in [1.29, 1.82) is 0 Å². The van der Waals surface area contributed by atoms with Crippen LogP contribution < -0.4 is 0 Å². The van der Waals surface area contributed by atoms with E-state index in [0.717, 1.165) is 0 Å². The van der Waals surface area contributed by atoms with Crippen molar-refractivity contribution in [2.75, 3.05) is 13.2 Å². The van der Waals surface area contributed by atoms with Crippen LogP contribution in [-0.2, 0) is 9.53 Å². The van der Waals surface area contributed by atoms with Crippen LogP contribution in [0, 0.1) is 23.7 Å². The molecule has 29 heavy (non-hydrogen) atoms. The summed E-state index contributed by atoms with van der Waals surface area (Å²) in [4.78, 5) is 12.9. The molecule has 7 heteroatoms. The minimum absolute atomic E-state index is 0.00936. The van der Waals surface area contributed by atoms with Crippen molar-refractivity contribution in [3.8, 4) is 0 Å². The first-order valence-corrected chi connectivity index (χ1v) is 10.5. The topological polar surface area (TPSA) is 112 Å². The molecule has 3 aliphatic carbocycles. The molecule has 0 saturated heterocycles. The van der Waals surface area contributed by atoms with Crippen molar-refractivity contribution in [3.63, 3.8) is 0 Å². The smallest absolute Gasteiger partial charge is 0.190 e. The lowest BCUT2D eigenvalue weighted by Gasteiger charge is -2.57. The van der Waals surface area contributed by atoms with E-state index >= 15 is 0 Å². The van der Waals surface area contributed by atoms with E-state index in [1.165, 1.54) is 0 Å². The Morgan fingerprint density at radius 3 is 2.55 bits per heavy atom. The van der Waals surface area contributed by atoms with E-state index in [-0.39, 0.29) is 30.6 Å². The van der Waals surface area contributed by atoms with Gasteiger partial charge in [-0.15, -0.1) is 0 Å². The van der Waals surface area contributed by atoms with Gasteiger partial charge in [-0.05, 0) is 44.8 Å². The summed E-state index contributed by atoms with van der Waals surface area (Å²) < 4.78 is 6.17. The minimum Gasteiger partial charge on any atom is -0.392 e. The molecule has 1 heterocycles. The van der Waals surface area contributed by atoms with Crippen LogP contribution in [0.2, 0.25) is 0 Å². The molecule has 0 bridgehead atoms. The Kier molecular flexibility index (Phi) is 4.53. The molecule has 3 N–H and O–H groups in total. The zero-order valence-corrected chi connectivity index (χ0v) is 17.8. The number of azo groups is 1. The fraction of sp³-hybridized carbons (Fsp3) is 0.773. The fourth-order valence-corrected chi connectivity index (χ4v) is 6.57. The Labute approximate surface area is 171 Å². The molecule has 0 aromatic rings. The molecule has 0 spiro atoms. The van der Waals surface area contributed by atoms with Gasteiger partial charge < -0.3 is 20.1 Å². The standard InChI is InChI=1S/C22H32N2O5/c1-6-29-21-9-13(3)22(28)15(17(21)19(4,5)23-24-21)8-14(11-25)10-20(27)16(22)7-12(2)18(20)26/h7-8,13,15-17,25,27-28H,6,9-11H2,1-5H3/t13-,15+,16-,17-,20-,21-,22-/m1/s1. The number of rotatable bonds is 3. The third kappa shape index (κ3) is 2.54. The van der Waals surface area contributed by atoms with E-state index in [4.69, 9.17) is 4.74 Å². The van der Waals surface area contributed by atoms with E-state index in [1.54, 1.807) is 13.0 Å². The van der Waals surface area contributed by atoms with Crippen LogP contribution in [0.1, 0.15) is 47.5 Å². The second-order valence-corrected chi connectivity index (χ2v) is 9.87. The monoisotopic (exact) mass is 404 g/mol. The summed E-state index contributed by atoms with van der Waals surface area (Å²) >= 11 is 0. The van der Waals surface area contributed by atoms with Crippen LogP contribution >= 0.6 is 0 Å². The van der Waals surface area contributed by atoms with Gasteiger partial charge in [0.2, 0.25) is 0 Å². The van der Waals surface area contributed by atoms with Crippen LogP contribution in [0.3, 0.4) is 0 Å². The highest BCUT2D eigenvalue weighted by atomic mass is 16.5. The number of carbonyl (C=O) groups excluding carboxylic acids is 1. The van der Waals surface area contributed by atoms with Gasteiger partial charge in [-0.2, -0.15) is 10.2 Å². The van der Waals surface area contributed by atoms with E-state index in [1.807, 2.05) is 33.8 Å². The summed E-state index contributed by atoms with van der Waals surface area (Å²) in [5.41, 5.74) is -3.60. The largest absolute Gasteiger partial charge is 0.392 e. The van der Waals surface area contributed by atoms with Gasteiger partial charge in [0.1, 0.15) is 5.60 Å². The van der Waals surface area contributed by atoms with Gasteiger partial charge in [-0.3, -0.25) is 4.79 Å². The molecule has 1 saturated carbocycles. The zero-order chi connectivity index (χ0) is 21.4. The first-order valence-electron chi connectivity index (χ1n) is 10.5. The van der Waals surface area contributed by atoms with Crippen LogP contribution in [0.25, 0.3) is 0 Å². The third-order valence-corrected chi connectivity index (χ3v) is 7.70. The number of nitrogens with zero attached hydrogens (tertiary/aromatic N) is 2. The average Bonchev–Trinajstić information content (AvgIpc) is 2.99. The number of ketones is 1. The molecular weight excluding hydrogens is 372 g/mol. The molecule has 7 atom stereocenters. The first kappa shape index (κ1) is 20.8. The second-order valence-electron chi connectivity index (χ2n) is 9.87. The lowest BCUT2D eigenvalue weighted by molar-refractivity contribution is -0.225. The maximum atomic E-state index is 12.9. The Hall–Kier alpha value is -1.41. The Balaban J connectivity index is 1.95. The molecule has 4 rings (SSSR count). The summed E-state index contributed by atoms with van der Waals surface area (Å²) in [6, 6.07) is 0. The van der Waals surface area contributed by atoms with Gasteiger partial charge in [0, 0.05) is 37.2 Å². The number of aliphatic hydroxyl groups excluding tert-OH is 1. The van der Waals surface area contributed by atoms with E-state index < -0.39 is 34.3 Å². The fourth-order valence-electron chi connectivity index (χ4n) is 6.57. The molecule has 160 valence electrons. The highest BCUT2D eigenvalue weighted by Gasteiger charge is 2.71. The summed E-state index contributed by atoms with van der Waals surface area (Å²) in [6.07, 6.45) is 4.04. The molecule has 0 aromatic heterocycles. The Morgan fingerprint density at radius 1 is 1.24 bits per heavy atom. The van der Waals surface area contributed by atoms with Crippen molar-refractivity contribution in [2.24, 2.45) is 33.9 Å². The molecule has 0 aromatic carbocycles. The highest BCUT2D eigenvalue weighted by molar-refractivity contribution is 6.04. The van der Waals surface area contributed by atoms with E-state index in [2.05, 4.69) is 10.2 Å². The second kappa shape index (κ2) is 6.30. The molecule has 0 radical (unpaired) electrons.